The van der Waals surface area contributed by atoms with Gasteiger partial charge in [-0.15, -0.1) is 11.3 Å². The van der Waals surface area contributed by atoms with Crippen LogP contribution in [0.25, 0.3) is 0 Å². The molecule has 29 heavy (non-hydrogen) atoms. The van der Waals surface area contributed by atoms with Gasteiger partial charge in [0.05, 0.1) is 19.1 Å². The summed E-state index contributed by atoms with van der Waals surface area (Å²) in [7, 11) is 0. The average molecular weight is 415 g/mol. The van der Waals surface area contributed by atoms with Gasteiger partial charge in [0.2, 0.25) is 11.8 Å². The number of hydrogen-bond acceptors (Lipinski definition) is 5. The number of benzene rings is 1. The van der Waals surface area contributed by atoms with Gasteiger partial charge in [-0.25, -0.2) is 0 Å². The normalized spacial score (nSPS) is 16.4. The minimum atomic E-state index is 0.00895. The Hall–Kier alpha value is -2.22. The number of aryl methyl sites for hydroxylation is 1. The van der Waals surface area contributed by atoms with E-state index in [1.807, 2.05) is 56.5 Å². The minimum Gasteiger partial charge on any atom is -0.348 e. The van der Waals surface area contributed by atoms with E-state index in [1.54, 1.807) is 11.3 Å². The van der Waals surface area contributed by atoms with Crippen LogP contribution in [0.1, 0.15) is 29.0 Å². The highest BCUT2D eigenvalue weighted by molar-refractivity contribution is 7.10. The van der Waals surface area contributed by atoms with Crippen molar-refractivity contribution in [3.63, 3.8) is 0 Å². The molecule has 2 heterocycles. The Bertz CT molecular complexity index is 829. The van der Waals surface area contributed by atoms with Crippen LogP contribution in [-0.4, -0.2) is 60.9 Å². The van der Waals surface area contributed by atoms with Crippen LogP contribution in [0, 0.1) is 13.8 Å². The molecule has 0 radical (unpaired) electrons. The van der Waals surface area contributed by atoms with Crippen LogP contribution in [0.15, 0.2) is 35.7 Å². The SMILES string of the molecule is Cc1cccc(NC(=O)CN2CCN(CC(=O)N[C@H](C)c3cccs3)CC2)c1C. The topological polar surface area (TPSA) is 64.7 Å². The van der Waals surface area contributed by atoms with E-state index in [1.165, 1.54) is 5.56 Å². The van der Waals surface area contributed by atoms with E-state index in [9.17, 15) is 9.59 Å². The van der Waals surface area contributed by atoms with Gasteiger partial charge in [-0.1, -0.05) is 18.2 Å². The second-order valence-corrected chi connectivity index (χ2v) is 8.63. The van der Waals surface area contributed by atoms with Crippen LogP contribution in [0.3, 0.4) is 0 Å². The first-order chi connectivity index (χ1) is 13.9. The van der Waals surface area contributed by atoms with Crippen molar-refractivity contribution in [1.82, 2.24) is 15.1 Å². The third kappa shape index (κ3) is 6.13. The summed E-state index contributed by atoms with van der Waals surface area (Å²) in [5.41, 5.74) is 3.15. The Morgan fingerprint density at radius 3 is 2.28 bits per heavy atom. The first-order valence-electron chi connectivity index (χ1n) is 10.1. The fourth-order valence-corrected chi connectivity index (χ4v) is 4.22. The van der Waals surface area contributed by atoms with E-state index in [0.717, 1.165) is 42.3 Å². The molecule has 0 bridgehead atoms. The molecule has 1 aromatic carbocycles. The van der Waals surface area contributed by atoms with Gasteiger partial charge in [-0.05, 0) is 49.4 Å². The molecule has 1 fully saturated rings. The molecule has 6 nitrogen and oxygen atoms in total. The van der Waals surface area contributed by atoms with Crippen molar-refractivity contribution in [3.8, 4) is 0 Å². The molecule has 0 saturated carbocycles. The summed E-state index contributed by atoms with van der Waals surface area (Å²) in [4.78, 5) is 30.2. The summed E-state index contributed by atoms with van der Waals surface area (Å²) in [5.74, 6) is 0.0571. The Kier molecular flexibility index (Phi) is 7.41. The van der Waals surface area contributed by atoms with Crippen molar-refractivity contribution in [2.24, 2.45) is 0 Å². The van der Waals surface area contributed by atoms with Gasteiger partial charge in [-0.3, -0.25) is 19.4 Å². The van der Waals surface area contributed by atoms with Crippen molar-refractivity contribution in [3.05, 3.63) is 51.7 Å². The lowest BCUT2D eigenvalue weighted by Gasteiger charge is -2.34. The van der Waals surface area contributed by atoms with E-state index in [-0.39, 0.29) is 17.9 Å². The van der Waals surface area contributed by atoms with Crippen molar-refractivity contribution >= 4 is 28.8 Å². The number of thiophene rings is 1. The van der Waals surface area contributed by atoms with Crippen LogP contribution < -0.4 is 10.6 Å². The minimum absolute atomic E-state index is 0.00895. The quantitative estimate of drug-likeness (QED) is 0.731. The summed E-state index contributed by atoms with van der Waals surface area (Å²) in [5, 5.41) is 8.10. The van der Waals surface area contributed by atoms with Crippen LogP contribution in [0.2, 0.25) is 0 Å². The van der Waals surface area contributed by atoms with Crippen molar-refractivity contribution < 1.29 is 9.59 Å². The van der Waals surface area contributed by atoms with E-state index >= 15 is 0 Å². The van der Waals surface area contributed by atoms with Gasteiger partial charge in [0, 0.05) is 36.7 Å². The zero-order valence-corrected chi connectivity index (χ0v) is 18.2. The Morgan fingerprint density at radius 1 is 1.00 bits per heavy atom. The lowest BCUT2D eigenvalue weighted by molar-refractivity contribution is -0.124. The Balaban J connectivity index is 1.39. The van der Waals surface area contributed by atoms with Gasteiger partial charge in [0.25, 0.3) is 0 Å². The highest BCUT2D eigenvalue weighted by atomic mass is 32.1. The Morgan fingerprint density at radius 2 is 1.66 bits per heavy atom. The van der Waals surface area contributed by atoms with E-state index < -0.39 is 0 Å². The first-order valence-corrected chi connectivity index (χ1v) is 10.9. The van der Waals surface area contributed by atoms with Crippen LogP contribution in [0.4, 0.5) is 5.69 Å². The molecule has 2 aromatic rings. The largest absolute Gasteiger partial charge is 0.348 e. The van der Waals surface area contributed by atoms with E-state index in [0.29, 0.717) is 13.1 Å². The molecular formula is C22H30N4O2S. The Labute approximate surface area is 176 Å². The summed E-state index contributed by atoms with van der Waals surface area (Å²) < 4.78 is 0. The average Bonchev–Trinajstić information content (AvgIpc) is 3.22. The molecular weight excluding hydrogens is 384 g/mol. The summed E-state index contributed by atoms with van der Waals surface area (Å²) in [6.07, 6.45) is 0. The summed E-state index contributed by atoms with van der Waals surface area (Å²) in [6.45, 7) is 10.0. The van der Waals surface area contributed by atoms with E-state index in [4.69, 9.17) is 0 Å². The highest BCUT2D eigenvalue weighted by Gasteiger charge is 2.21. The van der Waals surface area contributed by atoms with Crippen LogP contribution >= 0.6 is 11.3 Å². The molecule has 0 unspecified atom stereocenters. The lowest BCUT2D eigenvalue weighted by atomic mass is 10.1. The van der Waals surface area contributed by atoms with E-state index in [2.05, 4.69) is 20.4 Å². The van der Waals surface area contributed by atoms with Crippen molar-refractivity contribution in [2.75, 3.05) is 44.6 Å². The van der Waals surface area contributed by atoms with Gasteiger partial charge in [0.1, 0.15) is 0 Å². The zero-order valence-electron chi connectivity index (χ0n) is 17.4. The molecule has 1 saturated heterocycles. The maximum absolute atomic E-state index is 12.4. The fraction of sp³-hybridized carbons (Fsp3) is 0.455. The maximum Gasteiger partial charge on any atom is 0.238 e. The molecule has 0 spiro atoms. The molecule has 1 atom stereocenters. The summed E-state index contributed by atoms with van der Waals surface area (Å²) in [6, 6.07) is 10.0. The first kappa shape index (κ1) is 21.5. The maximum atomic E-state index is 12.4. The number of nitrogens with one attached hydrogen (secondary N) is 2. The number of piperazine rings is 1. The third-order valence-electron chi connectivity index (χ3n) is 5.43. The number of rotatable bonds is 7. The number of carbonyl (C=O) groups excluding carboxylic acids is 2. The molecule has 1 aliphatic rings. The second-order valence-electron chi connectivity index (χ2n) is 7.65. The lowest BCUT2D eigenvalue weighted by Crippen LogP contribution is -2.51. The van der Waals surface area contributed by atoms with Crippen molar-refractivity contribution in [1.29, 1.82) is 0 Å². The number of anilines is 1. The molecule has 7 heteroatoms. The van der Waals surface area contributed by atoms with Crippen LogP contribution in [0.5, 0.6) is 0 Å². The molecule has 2 amide bonds. The smallest absolute Gasteiger partial charge is 0.238 e. The van der Waals surface area contributed by atoms with Gasteiger partial charge >= 0.3 is 0 Å². The predicted octanol–water partition coefficient (Wildman–Crippen LogP) is 2.80. The molecule has 0 aliphatic carbocycles. The molecule has 2 N–H and O–H groups in total. The number of hydrogen-bond donors (Lipinski definition) is 2. The molecule has 3 rings (SSSR count). The molecule has 1 aromatic heterocycles. The molecule has 1 aliphatic heterocycles. The van der Waals surface area contributed by atoms with Gasteiger partial charge in [-0.2, -0.15) is 0 Å². The third-order valence-corrected chi connectivity index (χ3v) is 6.48. The molecule has 156 valence electrons. The number of nitrogens with zero attached hydrogens (tertiary/aromatic N) is 2. The monoisotopic (exact) mass is 414 g/mol. The standard InChI is InChI=1S/C22H30N4O2S/c1-16-6-4-7-19(17(16)2)24-22(28)15-26-11-9-25(10-12-26)14-21(27)23-18(3)20-8-5-13-29-20/h4-8,13,18H,9-12,14-15H2,1-3H3,(H,23,27)(H,24,28)/t18-/m1/s1. The predicted molar refractivity (Wildman–Crippen MR) is 118 cm³/mol. The number of carbonyl (C=O) groups is 2. The van der Waals surface area contributed by atoms with Crippen LogP contribution in [-0.2, 0) is 9.59 Å². The fourth-order valence-electron chi connectivity index (χ4n) is 3.48. The highest BCUT2D eigenvalue weighted by Crippen LogP contribution is 2.19. The zero-order chi connectivity index (χ0) is 20.8. The summed E-state index contributed by atoms with van der Waals surface area (Å²) >= 11 is 1.65. The second kappa shape index (κ2) is 10.0. The number of amides is 2. The van der Waals surface area contributed by atoms with Gasteiger partial charge in [0.15, 0.2) is 0 Å². The van der Waals surface area contributed by atoms with Gasteiger partial charge < -0.3 is 10.6 Å². The van der Waals surface area contributed by atoms with Crippen molar-refractivity contribution in [2.45, 2.75) is 26.8 Å².